The molecule has 0 saturated carbocycles. The van der Waals surface area contributed by atoms with E-state index in [2.05, 4.69) is 39.0 Å². The number of nitrogens with zero attached hydrogens (tertiary/aromatic N) is 2. The van der Waals surface area contributed by atoms with Crippen molar-refractivity contribution in [2.45, 2.75) is 26.4 Å². The van der Waals surface area contributed by atoms with E-state index >= 15 is 0 Å². The Balaban J connectivity index is 0.00000364. The number of aliphatic imine (C=N–C) groups is 1. The maximum Gasteiger partial charge on any atom is 0.211 e. The van der Waals surface area contributed by atoms with Gasteiger partial charge >= 0.3 is 0 Å². The molecule has 1 heterocycles. The van der Waals surface area contributed by atoms with Gasteiger partial charge in [0.25, 0.3) is 0 Å². The zero-order chi connectivity index (χ0) is 19.0. The lowest BCUT2D eigenvalue weighted by molar-refractivity contribution is -0.00830. The number of morpholine rings is 1. The Morgan fingerprint density at radius 1 is 1.33 bits per heavy atom. The minimum atomic E-state index is -3.12. The molecule has 7 nitrogen and oxygen atoms in total. The molecule has 2 rings (SSSR count). The quantitative estimate of drug-likeness (QED) is 0.254. The first kappa shape index (κ1) is 24.1. The van der Waals surface area contributed by atoms with Gasteiger partial charge < -0.3 is 15.0 Å². The molecule has 0 spiro atoms. The Morgan fingerprint density at radius 2 is 2.07 bits per heavy atom. The van der Waals surface area contributed by atoms with Gasteiger partial charge in [0.2, 0.25) is 10.0 Å². The summed E-state index contributed by atoms with van der Waals surface area (Å²) in [6, 6.07) is 8.28. The number of sulfonamides is 1. The highest BCUT2D eigenvalue weighted by molar-refractivity contribution is 14.0. The van der Waals surface area contributed by atoms with Crippen LogP contribution in [0.5, 0.6) is 0 Å². The molecule has 1 atom stereocenters. The molecule has 0 bridgehead atoms. The van der Waals surface area contributed by atoms with Gasteiger partial charge in [-0.15, -0.1) is 24.0 Å². The van der Waals surface area contributed by atoms with Crippen molar-refractivity contribution in [3.63, 3.8) is 0 Å². The Labute approximate surface area is 180 Å². The van der Waals surface area contributed by atoms with Crippen LogP contribution in [0, 0.1) is 6.92 Å². The molecule has 1 aromatic carbocycles. The molecule has 1 aliphatic heterocycles. The van der Waals surface area contributed by atoms with Crippen LogP contribution < -0.4 is 10.0 Å². The van der Waals surface area contributed by atoms with E-state index in [1.54, 1.807) is 14.0 Å². The van der Waals surface area contributed by atoms with E-state index in [-0.39, 0.29) is 35.8 Å². The highest BCUT2D eigenvalue weighted by atomic mass is 127. The van der Waals surface area contributed by atoms with E-state index in [1.807, 2.05) is 12.1 Å². The van der Waals surface area contributed by atoms with Gasteiger partial charge in [0.15, 0.2) is 5.96 Å². The van der Waals surface area contributed by atoms with Gasteiger partial charge in [-0.05, 0) is 31.4 Å². The lowest BCUT2D eigenvalue weighted by Gasteiger charge is -2.35. The second-order valence-corrected chi connectivity index (χ2v) is 8.38. The Morgan fingerprint density at radius 3 is 2.74 bits per heavy atom. The predicted octanol–water partition coefficient (Wildman–Crippen LogP) is 1.89. The fraction of sp³-hybridized carbons (Fsp3) is 0.611. The minimum Gasteiger partial charge on any atom is -0.370 e. The van der Waals surface area contributed by atoms with Crippen molar-refractivity contribution in [1.82, 2.24) is 14.9 Å². The van der Waals surface area contributed by atoms with Crippen molar-refractivity contribution in [3.8, 4) is 0 Å². The van der Waals surface area contributed by atoms with Crippen LogP contribution in [0.15, 0.2) is 29.3 Å². The summed E-state index contributed by atoms with van der Waals surface area (Å²) in [7, 11) is -1.36. The second-order valence-electron chi connectivity index (χ2n) is 6.29. The van der Waals surface area contributed by atoms with E-state index < -0.39 is 10.0 Å². The summed E-state index contributed by atoms with van der Waals surface area (Å²) in [4.78, 5) is 6.55. The lowest BCUT2D eigenvalue weighted by atomic mass is 10.0. The topological polar surface area (TPSA) is 83.0 Å². The maximum absolute atomic E-state index is 11.4. The number of hydrogen-bond donors (Lipinski definition) is 2. The third-order valence-corrected chi connectivity index (χ3v) is 5.86. The van der Waals surface area contributed by atoms with Crippen LogP contribution >= 0.6 is 24.0 Å². The summed E-state index contributed by atoms with van der Waals surface area (Å²) in [5, 5.41) is 3.32. The molecule has 9 heteroatoms. The molecule has 0 radical (unpaired) electrons. The minimum absolute atomic E-state index is 0. The molecule has 2 N–H and O–H groups in total. The van der Waals surface area contributed by atoms with Gasteiger partial charge in [0, 0.05) is 26.7 Å². The molecule has 154 valence electrons. The number of nitrogens with one attached hydrogen (secondary N) is 2. The second kappa shape index (κ2) is 11.8. The smallest absolute Gasteiger partial charge is 0.211 e. The Hall–Kier alpha value is -0.910. The number of hydrogen-bond acceptors (Lipinski definition) is 4. The zero-order valence-electron chi connectivity index (χ0n) is 16.3. The number of halogens is 1. The summed E-state index contributed by atoms with van der Waals surface area (Å²) >= 11 is 0. The summed E-state index contributed by atoms with van der Waals surface area (Å²) < 4.78 is 31.4. The molecule has 1 aliphatic rings. The number of ether oxygens (including phenoxy) is 1. The van der Waals surface area contributed by atoms with Crippen LogP contribution in [0.2, 0.25) is 0 Å². The van der Waals surface area contributed by atoms with Crippen LogP contribution in [-0.2, 0) is 14.8 Å². The van der Waals surface area contributed by atoms with Gasteiger partial charge in [0.1, 0.15) is 6.10 Å². The Bertz CT molecular complexity index is 712. The molecule has 0 aromatic heterocycles. The third kappa shape index (κ3) is 7.55. The molecule has 1 fully saturated rings. The summed E-state index contributed by atoms with van der Waals surface area (Å²) in [6.07, 6.45) is 0.726. The standard InChI is InChI=1S/C18H30N4O3S.HI/c1-4-26(23,24)21-11-7-10-20-18(19-3)22-12-13-25-17(14-22)16-9-6-5-8-15(16)2;/h5-6,8-9,17,21H,4,7,10-14H2,1-3H3,(H,19,20);1H. The van der Waals surface area contributed by atoms with Crippen LogP contribution in [0.25, 0.3) is 0 Å². The van der Waals surface area contributed by atoms with Crippen LogP contribution in [-0.4, -0.2) is 64.9 Å². The van der Waals surface area contributed by atoms with Crippen molar-refractivity contribution in [3.05, 3.63) is 35.4 Å². The van der Waals surface area contributed by atoms with Gasteiger partial charge in [-0.1, -0.05) is 24.3 Å². The molecule has 1 unspecified atom stereocenters. The summed E-state index contributed by atoms with van der Waals surface area (Å²) in [6.45, 7) is 6.99. The van der Waals surface area contributed by atoms with E-state index in [0.29, 0.717) is 26.1 Å². The average Bonchev–Trinajstić information content (AvgIpc) is 2.65. The fourth-order valence-electron chi connectivity index (χ4n) is 2.93. The zero-order valence-corrected chi connectivity index (χ0v) is 19.4. The largest absolute Gasteiger partial charge is 0.370 e. The molecule has 1 saturated heterocycles. The van der Waals surface area contributed by atoms with Crippen molar-refractivity contribution in [2.24, 2.45) is 4.99 Å². The molecule has 27 heavy (non-hydrogen) atoms. The highest BCUT2D eigenvalue weighted by Crippen LogP contribution is 2.24. The first-order valence-corrected chi connectivity index (χ1v) is 10.7. The summed E-state index contributed by atoms with van der Waals surface area (Å²) in [5.41, 5.74) is 2.44. The predicted molar refractivity (Wildman–Crippen MR) is 120 cm³/mol. The average molecular weight is 510 g/mol. The maximum atomic E-state index is 11.4. The van der Waals surface area contributed by atoms with E-state index in [1.165, 1.54) is 11.1 Å². The van der Waals surface area contributed by atoms with Crippen molar-refractivity contribution in [2.75, 3.05) is 45.6 Å². The number of aryl methyl sites for hydroxylation is 1. The van der Waals surface area contributed by atoms with Crippen LogP contribution in [0.1, 0.15) is 30.6 Å². The molecule has 0 aliphatic carbocycles. The molecular weight excluding hydrogens is 479 g/mol. The van der Waals surface area contributed by atoms with Gasteiger partial charge in [-0.3, -0.25) is 4.99 Å². The fourth-order valence-corrected chi connectivity index (χ4v) is 3.59. The lowest BCUT2D eigenvalue weighted by Crippen LogP contribution is -2.48. The van der Waals surface area contributed by atoms with Crippen LogP contribution in [0.3, 0.4) is 0 Å². The number of guanidine groups is 1. The number of benzene rings is 1. The van der Waals surface area contributed by atoms with Gasteiger partial charge in [0.05, 0.1) is 18.9 Å². The SMILES string of the molecule is CCS(=O)(=O)NCCCNC(=NC)N1CCOC(c2ccccc2C)C1.I. The molecule has 0 amide bonds. The number of rotatable bonds is 7. The van der Waals surface area contributed by atoms with Crippen molar-refractivity contribution in [1.29, 1.82) is 0 Å². The van der Waals surface area contributed by atoms with E-state index in [0.717, 1.165) is 19.0 Å². The third-order valence-electron chi connectivity index (χ3n) is 4.45. The summed E-state index contributed by atoms with van der Waals surface area (Å²) in [5.74, 6) is 0.932. The van der Waals surface area contributed by atoms with Gasteiger partial charge in [-0.2, -0.15) is 0 Å². The normalized spacial score (nSPS) is 18.1. The Kier molecular flexibility index (Phi) is 10.6. The first-order chi connectivity index (χ1) is 12.5. The monoisotopic (exact) mass is 510 g/mol. The van der Waals surface area contributed by atoms with E-state index in [4.69, 9.17) is 4.74 Å². The van der Waals surface area contributed by atoms with Crippen LogP contribution in [0.4, 0.5) is 0 Å². The molecule has 1 aromatic rings. The van der Waals surface area contributed by atoms with E-state index in [9.17, 15) is 8.42 Å². The van der Waals surface area contributed by atoms with Crippen molar-refractivity contribution >= 4 is 40.0 Å². The molecular formula is C18H31IN4O3S. The highest BCUT2D eigenvalue weighted by Gasteiger charge is 2.24. The first-order valence-electron chi connectivity index (χ1n) is 9.07. The van der Waals surface area contributed by atoms with Gasteiger partial charge in [-0.25, -0.2) is 13.1 Å². The van der Waals surface area contributed by atoms with Crippen molar-refractivity contribution < 1.29 is 13.2 Å².